The summed E-state index contributed by atoms with van der Waals surface area (Å²) in [6.07, 6.45) is 4.24. The lowest BCUT2D eigenvalue weighted by molar-refractivity contribution is -0.131. The van der Waals surface area contributed by atoms with Crippen molar-refractivity contribution >= 4 is 5.91 Å². The normalized spacial score (nSPS) is 11.5. The van der Waals surface area contributed by atoms with Gasteiger partial charge in [-0.1, -0.05) is 47.6 Å². The first-order valence-corrected chi connectivity index (χ1v) is 7.52. The average molecular weight is 268 g/mol. The highest BCUT2D eigenvalue weighted by Gasteiger charge is 2.30. The van der Waals surface area contributed by atoms with Crippen molar-refractivity contribution in [3.05, 3.63) is 12.3 Å². The predicted octanol–water partition coefficient (Wildman–Crippen LogP) is 3.47. The third-order valence-corrected chi connectivity index (χ3v) is 3.84. The van der Waals surface area contributed by atoms with Crippen LogP contribution in [0.2, 0.25) is 0 Å². The molecule has 112 valence electrons. The molecule has 19 heavy (non-hydrogen) atoms. The molecule has 0 rings (SSSR count). The Morgan fingerprint density at radius 2 is 1.68 bits per heavy atom. The molecule has 3 nitrogen and oxygen atoms in total. The van der Waals surface area contributed by atoms with Gasteiger partial charge in [-0.2, -0.15) is 0 Å². The summed E-state index contributed by atoms with van der Waals surface area (Å²) in [6.45, 7) is 16.0. The average Bonchev–Trinajstić information content (AvgIpc) is 2.33. The number of carbonyl (C=O) groups is 1. The van der Waals surface area contributed by atoms with E-state index in [0.717, 1.165) is 44.5 Å². The first kappa shape index (κ1) is 18.0. The van der Waals surface area contributed by atoms with Gasteiger partial charge in [-0.25, -0.2) is 0 Å². The Balaban J connectivity index is 3.65. The zero-order valence-electron chi connectivity index (χ0n) is 13.4. The molecule has 0 aliphatic heterocycles. The van der Waals surface area contributed by atoms with Gasteiger partial charge in [0.25, 0.3) is 0 Å². The van der Waals surface area contributed by atoms with Gasteiger partial charge in [0.2, 0.25) is 5.91 Å². The van der Waals surface area contributed by atoms with Crippen LogP contribution in [0.1, 0.15) is 60.3 Å². The van der Waals surface area contributed by atoms with E-state index in [2.05, 4.69) is 38.0 Å². The maximum absolute atomic E-state index is 12.0. The van der Waals surface area contributed by atoms with Crippen LogP contribution in [0.4, 0.5) is 0 Å². The summed E-state index contributed by atoms with van der Waals surface area (Å²) in [4.78, 5) is 12.0. The van der Waals surface area contributed by atoms with E-state index in [0.29, 0.717) is 5.92 Å². The third-order valence-electron chi connectivity index (χ3n) is 3.84. The Morgan fingerprint density at radius 1 is 1.16 bits per heavy atom. The quantitative estimate of drug-likeness (QED) is 0.596. The molecule has 0 radical (unpaired) electrons. The van der Waals surface area contributed by atoms with Crippen molar-refractivity contribution in [2.45, 2.75) is 60.3 Å². The maximum atomic E-state index is 12.0. The van der Waals surface area contributed by atoms with Crippen LogP contribution >= 0.6 is 0 Å². The van der Waals surface area contributed by atoms with E-state index >= 15 is 0 Å². The van der Waals surface area contributed by atoms with Crippen LogP contribution in [-0.2, 0) is 4.79 Å². The molecule has 0 bridgehead atoms. The summed E-state index contributed by atoms with van der Waals surface area (Å²) < 4.78 is 0. The van der Waals surface area contributed by atoms with E-state index in [-0.39, 0.29) is 11.3 Å². The first-order valence-electron chi connectivity index (χ1n) is 7.52. The lowest BCUT2D eigenvalue weighted by Crippen LogP contribution is -2.40. The second kappa shape index (κ2) is 9.00. The number of rotatable bonds is 10. The molecule has 0 atom stereocenters. The summed E-state index contributed by atoms with van der Waals surface area (Å²) in [5, 5.41) is 6.34. The minimum atomic E-state index is -0.284. The van der Waals surface area contributed by atoms with E-state index in [4.69, 9.17) is 0 Å². The van der Waals surface area contributed by atoms with Crippen LogP contribution in [-0.4, -0.2) is 19.0 Å². The highest BCUT2D eigenvalue weighted by Crippen LogP contribution is 2.25. The number of allylic oxidation sites excluding steroid dienone is 1. The summed E-state index contributed by atoms with van der Waals surface area (Å²) in [5.41, 5.74) is 0.834. The number of hydrogen-bond donors (Lipinski definition) is 2. The minimum Gasteiger partial charge on any atom is -0.389 e. The summed E-state index contributed by atoms with van der Waals surface area (Å²) in [7, 11) is 0. The van der Waals surface area contributed by atoms with Crippen LogP contribution in [0, 0.1) is 11.3 Å². The zero-order chi connectivity index (χ0) is 14.9. The van der Waals surface area contributed by atoms with Crippen molar-refractivity contribution in [1.82, 2.24) is 10.6 Å². The van der Waals surface area contributed by atoms with Gasteiger partial charge in [0, 0.05) is 24.2 Å². The van der Waals surface area contributed by atoms with Gasteiger partial charge in [0.1, 0.15) is 0 Å². The highest BCUT2D eigenvalue weighted by atomic mass is 16.2. The molecule has 0 aliphatic carbocycles. The predicted molar refractivity (Wildman–Crippen MR) is 82.9 cm³/mol. The molecule has 3 heteroatoms. The fourth-order valence-corrected chi connectivity index (χ4v) is 1.60. The SMILES string of the molecule is C=C(CCC)NCCCCNC(=O)C(C)(C)C(C)C. The Kier molecular flexibility index (Phi) is 8.53. The molecular formula is C16H32N2O. The van der Waals surface area contributed by atoms with Crippen LogP contribution in [0.3, 0.4) is 0 Å². The molecule has 0 aliphatic rings. The van der Waals surface area contributed by atoms with E-state index in [1.54, 1.807) is 0 Å². The van der Waals surface area contributed by atoms with Crippen LogP contribution in [0.15, 0.2) is 12.3 Å². The minimum absolute atomic E-state index is 0.158. The Hall–Kier alpha value is -0.990. The maximum Gasteiger partial charge on any atom is 0.225 e. The van der Waals surface area contributed by atoms with Crippen molar-refractivity contribution in [2.24, 2.45) is 11.3 Å². The summed E-state index contributed by atoms with van der Waals surface area (Å²) in [6, 6.07) is 0. The molecule has 0 spiro atoms. The molecule has 0 fully saturated rings. The zero-order valence-corrected chi connectivity index (χ0v) is 13.4. The molecule has 0 aromatic carbocycles. The summed E-state index contributed by atoms with van der Waals surface area (Å²) >= 11 is 0. The van der Waals surface area contributed by atoms with Gasteiger partial charge >= 0.3 is 0 Å². The van der Waals surface area contributed by atoms with Gasteiger partial charge in [0.15, 0.2) is 0 Å². The molecule has 0 saturated carbocycles. The number of carbonyl (C=O) groups excluding carboxylic acids is 1. The van der Waals surface area contributed by atoms with E-state index in [1.807, 2.05) is 13.8 Å². The van der Waals surface area contributed by atoms with Crippen LogP contribution < -0.4 is 10.6 Å². The fraction of sp³-hybridized carbons (Fsp3) is 0.812. The molecule has 0 heterocycles. The largest absolute Gasteiger partial charge is 0.389 e. The van der Waals surface area contributed by atoms with Gasteiger partial charge in [0.05, 0.1) is 0 Å². The van der Waals surface area contributed by atoms with Crippen molar-refractivity contribution < 1.29 is 4.79 Å². The van der Waals surface area contributed by atoms with E-state index in [1.165, 1.54) is 0 Å². The third kappa shape index (κ3) is 7.24. The molecule has 0 unspecified atom stereocenters. The van der Waals surface area contributed by atoms with Crippen molar-refractivity contribution in [3.63, 3.8) is 0 Å². The van der Waals surface area contributed by atoms with Gasteiger partial charge in [-0.05, 0) is 25.2 Å². The molecule has 0 aromatic heterocycles. The number of nitrogens with one attached hydrogen (secondary N) is 2. The first-order chi connectivity index (χ1) is 8.82. The fourth-order valence-electron chi connectivity index (χ4n) is 1.60. The van der Waals surface area contributed by atoms with Crippen LogP contribution in [0.5, 0.6) is 0 Å². The molecular weight excluding hydrogens is 236 g/mol. The topological polar surface area (TPSA) is 41.1 Å². The number of unbranched alkanes of at least 4 members (excludes halogenated alkanes) is 1. The Bertz CT molecular complexity index is 282. The lowest BCUT2D eigenvalue weighted by atomic mass is 9.80. The lowest BCUT2D eigenvalue weighted by Gasteiger charge is -2.27. The van der Waals surface area contributed by atoms with Crippen molar-refractivity contribution in [1.29, 1.82) is 0 Å². The van der Waals surface area contributed by atoms with E-state index < -0.39 is 0 Å². The Labute approximate surface area is 119 Å². The Morgan fingerprint density at radius 3 is 2.16 bits per heavy atom. The second-order valence-corrected chi connectivity index (χ2v) is 6.12. The van der Waals surface area contributed by atoms with Gasteiger partial charge in [-0.15, -0.1) is 0 Å². The van der Waals surface area contributed by atoms with Crippen molar-refractivity contribution in [2.75, 3.05) is 13.1 Å². The molecule has 1 amide bonds. The smallest absolute Gasteiger partial charge is 0.225 e. The standard InChI is InChI=1S/C16H32N2O/c1-7-10-14(4)17-11-8-9-12-18-15(19)16(5,6)13(2)3/h13,17H,4,7-12H2,1-3,5-6H3,(H,18,19). The van der Waals surface area contributed by atoms with E-state index in [9.17, 15) is 4.79 Å². The highest BCUT2D eigenvalue weighted by molar-refractivity contribution is 5.81. The van der Waals surface area contributed by atoms with Crippen molar-refractivity contribution in [3.8, 4) is 0 Å². The molecule has 2 N–H and O–H groups in total. The summed E-state index contributed by atoms with van der Waals surface area (Å²) in [5.74, 6) is 0.511. The molecule has 0 aromatic rings. The monoisotopic (exact) mass is 268 g/mol. The molecule has 0 saturated heterocycles. The van der Waals surface area contributed by atoms with Gasteiger partial charge in [-0.3, -0.25) is 4.79 Å². The van der Waals surface area contributed by atoms with Gasteiger partial charge < -0.3 is 10.6 Å². The number of hydrogen-bond acceptors (Lipinski definition) is 2. The number of amides is 1. The van der Waals surface area contributed by atoms with Crippen LogP contribution in [0.25, 0.3) is 0 Å². The second-order valence-electron chi connectivity index (χ2n) is 6.12.